The SMILES string of the molecule is COc1ccccc1NC(=O)C(=O)N1CC(C)OC(C)C1. The van der Waals surface area contributed by atoms with Gasteiger partial charge in [0.25, 0.3) is 0 Å². The van der Waals surface area contributed by atoms with Crippen molar-refractivity contribution in [3.8, 4) is 5.75 Å². The number of methoxy groups -OCH3 is 1. The number of anilines is 1. The molecule has 1 fully saturated rings. The Morgan fingerprint density at radius 2 is 1.86 bits per heavy atom. The lowest BCUT2D eigenvalue weighted by molar-refractivity contribution is -0.151. The van der Waals surface area contributed by atoms with Crippen LogP contribution in [0.5, 0.6) is 5.75 Å². The van der Waals surface area contributed by atoms with Crippen LogP contribution < -0.4 is 10.1 Å². The van der Waals surface area contributed by atoms with Crippen molar-refractivity contribution >= 4 is 17.5 Å². The van der Waals surface area contributed by atoms with Gasteiger partial charge in [-0.2, -0.15) is 0 Å². The van der Waals surface area contributed by atoms with E-state index in [1.165, 1.54) is 12.0 Å². The first kappa shape index (κ1) is 15.3. The van der Waals surface area contributed by atoms with Crippen LogP contribution >= 0.6 is 0 Å². The van der Waals surface area contributed by atoms with Crippen molar-refractivity contribution in [3.63, 3.8) is 0 Å². The van der Waals surface area contributed by atoms with Gasteiger partial charge in [0.2, 0.25) is 0 Å². The summed E-state index contributed by atoms with van der Waals surface area (Å²) in [6.07, 6.45) is -0.145. The molecule has 0 aliphatic carbocycles. The largest absolute Gasteiger partial charge is 0.495 e. The van der Waals surface area contributed by atoms with Crippen molar-refractivity contribution in [1.82, 2.24) is 4.90 Å². The highest BCUT2D eigenvalue weighted by atomic mass is 16.5. The molecule has 1 aliphatic rings. The molecular weight excluding hydrogens is 272 g/mol. The normalized spacial score (nSPS) is 21.8. The molecule has 0 aromatic heterocycles. The first-order valence-corrected chi connectivity index (χ1v) is 6.90. The molecule has 0 bridgehead atoms. The number of hydrogen-bond donors (Lipinski definition) is 1. The molecule has 6 nitrogen and oxygen atoms in total. The molecule has 21 heavy (non-hydrogen) atoms. The fourth-order valence-corrected chi connectivity index (χ4v) is 2.41. The van der Waals surface area contributed by atoms with E-state index in [0.29, 0.717) is 24.5 Å². The molecule has 1 aliphatic heterocycles. The number of carbonyl (C=O) groups is 2. The minimum Gasteiger partial charge on any atom is -0.495 e. The van der Waals surface area contributed by atoms with Gasteiger partial charge in [0.1, 0.15) is 5.75 Å². The van der Waals surface area contributed by atoms with Gasteiger partial charge < -0.3 is 19.7 Å². The van der Waals surface area contributed by atoms with Gasteiger partial charge >= 0.3 is 11.8 Å². The van der Waals surface area contributed by atoms with Crippen molar-refractivity contribution in [2.45, 2.75) is 26.1 Å². The number of hydrogen-bond acceptors (Lipinski definition) is 4. The minimum absolute atomic E-state index is 0.0724. The number of benzene rings is 1. The third-order valence-corrected chi connectivity index (χ3v) is 3.26. The molecule has 0 saturated carbocycles. The first-order valence-electron chi connectivity index (χ1n) is 6.90. The molecule has 0 radical (unpaired) electrons. The smallest absolute Gasteiger partial charge is 0.314 e. The van der Waals surface area contributed by atoms with Crippen LogP contribution in [-0.2, 0) is 14.3 Å². The van der Waals surface area contributed by atoms with Crippen LogP contribution in [0.1, 0.15) is 13.8 Å². The molecule has 114 valence electrons. The lowest BCUT2D eigenvalue weighted by Crippen LogP contribution is -2.51. The van der Waals surface area contributed by atoms with E-state index in [0.717, 1.165) is 0 Å². The second-order valence-electron chi connectivity index (χ2n) is 5.12. The first-order chi connectivity index (χ1) is 10.0. The van der Waals surface area contributed by atoms with Crippen LogP contribution in [0.25, 0.3) is 0 Å². The number of carbonyl (C=O) groups excluding carboxylic acids is 2. The maximum atomic E-state index is 12.2. The second kappa shape index (κ2) is 6.58. The molecule has 0 spiro atoms. The van der Waals surface area contributed by atoms with Crippen molar-refractivity contribution in [3.05, 3.63) is 24.3 Å². The third kappa shape index (κ3) is 3.72. The van der Waals surface area contributed by atoms with Gasteiger partial charge in [-0.3, -0.25) is 9.59 Å². The molecule has 2 amide bonds. The van der Waals surface area contributed by atoms with E-state index < -0.39 is 11.8 Å². The Balaban J connectivity index is 2.04. The lowest BCUT2D eigenvalue weighted by atomic mass is 10.2. The van der Waals surface area contributed by atoms with Gasteiger partial charge in [-0.1, -0.05) is 12.1 Å². The number of ether oxygens (including phenoxy) is 2. The zero-order valence-corrected chi connectivity index (χ0v) is 12.5. The van der Waals surface area contributed by atoms with E-state index in [9.17, 15) is 9.59 Å². The molecule has 1 aromatic rings. The number of para-hydroxylation sites is 2. The van der Waals surface area contributed by atoms with E-state index in [-0.39, 0.29) is 12.2 Å². The van der Waals surface area contributed by atoms with E-state index in [4.69, 9.17) is 9.47 Å². The molecule has 2 atom stereocenters. The van der Waals surface area contributed by atoms with Crippen LogP contribution in [-0.4, -0.2) is 49.1 Å². The van der Waals surface area contributed by atoms with Crippen molar-refractivity contribution in [2.24, 2.45) is 0 Å². The molecule has 1 N–H and O–H groups in total. The Hall–Kier alpha value is -2.08. The van der Waals surface area contributed by atoms with Crippen molar-refractivity contribution in [2.75, 3.05) is 25.5 Å². The number of rotatable bonds is 2. The maximum absolute atomic E-state index is 12.2. The highest BCUT2D eigenvalue weighted by Crippen LogP contribution is 2.23. The van der Waals surface area contributed by atoms with Gasteiger partial charge in [0.05, 0.1) is 25.0 Å². The Kier molecular flexibility index (Phi) is 4.80. The topological polar surface area (TPSA) is 67.9 Å². The average Bonchev–Trinajstić information content (AvgIpc) is 2.46. The second-order valence-corrected chi connectivity index (χ2v) is 5.12. The zero-order valence-electron chi connectivity index (χ0n) is 12.5. The lowest BCUT2D eigenvalue weighted by Gasteiger charge is -2.34. The van der Waals surface area contributed by atoms with Crippen LogP contribution in [0.2, 0.25) is 0 Å². The van der Waals surface area contributed by atoms with E-state index in [2.05, 4.69) is 5.32 Å². The van der Waals surface area contributed by atoms with Crippen molar-refractivity contribution in [1.29, 1.82) is 0 Å². The molecule has 2 unspecified atom stereocenters. The van der Waals surface area contributed by atoms with E-state index in [1.807, 2.05) is 13.8 Å². The minimum atomic E-state index is -0.666. The highest BCUT2D eigenvalue weighted by molar-refractivity contribution is 6.39. The fraction of sp³-hybridized carbons (Fsp3) is 0.467. The van der Waals surface area contributed by atoms with Gasteiger partial charge in [-0.05, 0) is 26.0 Å². The van der Waals surface area contributed by atoms with E-state index in [1.54, 1.807) is 24.3 Å². The van der Waals surface area contributed by atoms with Gasteiger partial charge in [-0.25, -0.2) is 0 Å². The Labute approximate surface area is 124 Å². The van der Waals surface area contributed by atoms with Crippen LogP contribution in [0.3, 0.4) is 0 Å². The number of nitrogens with one attached hydrogen (secondary N) is 1. The summed E-state index contributed by atoms with van der Waals surface area (Å²) in [6, 6.07) is 6.97. The summed E-state index contributed by atoms with van der Waals surface area (Å²) >= 11 is 0. The van der Waals surface area contributed by atoms with Gasteiger partial charge in [0, 0.05) is 13.1 Å². The molecule has 2 rings (SSSR count). The summed E-state index contributed by atoms with van der Waals surface area (Å²) in [6.45, 7) is 4.60. The summed E-state index contributed by atoms with van der Waals surface area (Å²) in [5, 5.41) is 2.59. The summed E-state index contributed by atoms with van der Waals surface area (Å²) < 4.78 is 10.7. The summed E-state index contributed by atoms with van der Waals surface area (Å²) in [5.74, 6) is -0.703. The molecule has 1 saturated heterocycles. The number of morpholine rings is 1. The molecule has 1 heterocycles. The predicted molar refractivity (Wildman–Crippen MR) is 78.2 cm³/mol. The Morgan fingerprint density at radius 1 is 1.24 bits per heavy atom. The van der Waals surface area contributed by atoms with Crippen LogP contribution in [0.15, 0.2) is 24.3 Å². The van der Waals surface area contributed by atoms with Gasteiger partial charge in [0.15, 0.2) is 0 Å². The van der Waals surface area contributed by atoms with Crippen LogP contribution in [0, 0.1) is 0 Å². The quantitative estimate of drug-likeness (QED) is 0.834. The average molecular weight is 292 g/mol. The molecular formula is C15H20N2O4. The number of amides is 2. The Morgan fingerprint density at radius 3 is 2.48 bits per heavy atom. The Bertz CT molecular complexity index is 522. The number of nitrogens with zero attached hydrogens (tertiary/aromatic N) is 1. The predicted octanol–water partition coefficient (Wildman–Crippen LogP) is 1.27. The summed E-state index contributed by atoms with van der Waals surface area (Å²) in [5.41, 5.74) is 0.479. The zero-order chi connectivity index (χ0) is 15.4. The summed E-state index contributed by atoms with van der Waals surface area (Å²) in [7, 11) is 1.51. The van der Waals surface area contributed by atoms with Gasteiger partial charge in [-0.15, -0.1) is 0 Å². The third-order valence-electron chi connectivity index (χ3n) is 3.26. The highest BCUT2D eigenvalue weighted by Gasteiger charge is 2.29. The monoisotopic (exact) mass is 292 g/mol. The van der Waals surface area contributed by atoms with Crippen LogP contribution in [0.4, 0.5) is 5.69 Å². The van der Waals surface area contributed by atoms with E-state index >= 15 is 0 Å². The summed E-state index contributed by atoms with van der Waals surface area (Å²) in [4.78, 5) is 25.8. The molecule has 6 heteroatoms. The maximum Gasteiger partial charge on any atom is 0.314 e. The molecule has 1 aromatic carbocycles. The van der Waals surface area contributed by atoms with Crippen molar-refractivity contribution < 1.29 is 19.1 Å². The fourth-order valence-electron chi connectivity index (χ4n) is 2.41. The standard InChI is InChI=1S/C15H20N2O4/c1-10-8-17(9-11(2)21-10)15(19)14(18)16-12-6-4-5-7-13(12)20-3/h4-7,10-11H,8-9H2,1-3H3,(H,16,18).